The molecule has 0 unspecified atom stereocenters. The summed E-state index contributed by atoms with van der Waals surface area (Å²) in [4.78, 5) is 29.0. The Morgan fingerprint density at radius 1 is 1.17 bits per heavy atom. The number of piperidine rings is 1. The number of nitrogens with zero attached hydrogens (tertiary/aromatic N) is 7. The summed E-state index contributed by atoms with van der Waals surface area (Å²) < 4.78 is 8.79. The van der Waals surface area contributed by atoms with Gasteiger partial charge in [-0.25, -0.2) is 0 Å². The standard InChI is InChI=1S/C20H29N7O3/c1-15-10-16(2)27(22-15)14-19(28)25-5-3-4-17(11-25)12-26-13-18(21-23-26)20(29)24-6-8-30-9-7-24/h10,13,17H,3-9,11-12,14H2,1-2H3/t17-/m0/s1. The summed E-state index contributed by atoms with van der Waals surface area (Å²) >= 11 is 0. The van der Waals surface area contributed by atoms with Crippen LogP contribution in [0.25, 0.3) is 0 Å². The number of hydrogen-bond donors (Lipinski definition) is 0. The maximum atomic E-state index is 12.8. The van der Waals surface area contributed by atoms with Crippen LogP contribution in [0.2, 0.25) is 0 Å². The summed E-state index contributed by atoms with van der Waals surface area (Å²) in [6, 6.07) is 1.98. The maximum Gasteiger partial charge on any atom is 0.276 e. The minimum absolute atomic E-state index is 0.0904. The van der Waals surface area contributed by atoms with Crippen LogP contribution in [0.3, 0.4) is 0 Å². The van der Waals surface area contributed by atoms with Crippen molar-refractivity contribution in [1.29, 1.82) is 0 Å². The second-order valence-corrected chi connectivity index (χ2v) is 8.16. The Labute approximate surface area is 175 Å². The van der Waals surface area contributed by atoms with Crippen molar-refractivity contribution in [3.05, 3.63) is 29.3 Å². The van der Waals surface area contributed by atoms with E-state index in [1.54, 1.807) is 20.5 Å². The van der Waals surface area contributed by atoms with Crippen LogP contribution in [-0.4, -0.2) is 85.8 Å². The van der Waals surface area contributed by atoms with Gasteiger partial charge in [0.1, 0.15) is 6.54 Å². The highest BCUT2D eigenvalue weighted by molar-refractivity contribution is 5.92. The first-order chi connectivity index (χ1) is 14.5. The smallest absolute Gasteiger partial charge is 0.276 e. The highest BCUT2D eigenvalue weighted by Gasteiger charge is 2.26. The lowest BCUT2D eigenvalue weighted by Gasteiger charge is -2.32. The Morgan fingerprint density at radius 3 is 2.70 bits per heavy atom. The van der Waals surface area contributed by atoms with Crippen LogP contribution < -0.4 is 0 Å². The van der Waals surface area contributed by atoms with E-state index >= 15 is 0 Å². The summed E-state index contributed by atoms with van der Waals surface area (Å²) in [5, 5.41) is 12.6. The van der Waals surface area contributed by atoms with Gasteiger partial charge in [0.05, 0.1) is 25.1 Å². The Balaban J connectivity index is 1.33. The van der Waals surface area contributed by atoms with Gasteiger partial charge < -0.3 is 14.5 Å². The van der Waals surface area contributed by atoms with Crippen LogP contribution in [0.1, 0.15) is 34.7 Å². The Hall–Kier alpha value is -2.75. The SMILES string of the molecule is Cc1cc(C)n(CC(=O)N2CCC[C@H](Cn3cc(C(=O)N4CCOCC4)nn3)C2)n1. The van der Waals surface area contributed by atoms with E-state index in [4.69, 9.17) is 4.74 Å². The monoisotopic (exact) mass is 415 g/mol. The Kier molecular flexibility index (Phi) is 6.12. The van der Waals surface area contributed by atoms with Crippen LogP contribution in [0.15, 0.2) is 12.3 Å². The van der Waals surface area contributed by atoms with Gasteiger partial charge in [-0.2, -0.15) is 5.10 Å². The first-order valence-electron chi connectivity index (χ1n) is 10.6. The predicted molar refractivity (Wildman–Crippen MR) is 108 cm³/mol. The molecule has 0 saturated carbocycles. The number of ether oxygens (including phenoxy) is 1. The van der Waals surface area contributed by atoms with Crippen molar-refractivity contribution in [2.45, 2.75) is 39.8 Å². The Bertz CT molecular complexity index is 900. The summed E-state index contributed by atoms with van der Waals surface area (Å²) in [6.07, 6.45) is 3.70. The molecule has 0 aromatic carbocycles. The van der Waals surface area contributed by atoms with E-state index in [1.165, 1.54) is 0 Å². The number of aromatic nitrogens is 5. The first-order valence-corrected chi connectivity index (χ1v) is 10.6. The number of carbonyl (C=O) groups is 2. The van der Waals surface area contributed by atoms with Gasteiger partial charge in [0.15, 0.2) is 5.69 Å². The average Bonchev–Trinajstić information content (AvgIpc) is 3.34. The highest BCUT2D eigenvalue weighted by atomic mass is 16.5. The molecule has 0 spiro atoms. The summed E-state index contributed by atoms with van der Waals surface area (Å²) in [5.41, 5.74) is 2.28. The van der Waals surface area contributed by atoms with Gasteiger partial charge in [0.25, 0.3) is 5.91 Å². The fraction of sp³-hybridized carbons (Fsp3) is 0.650. The lowest BCUT2D eigenvalue weighted by Crippen LogP contribution is -2.42. The molecule has 0 aliphatic carbocycles. The summed E-state index contributed by atoms with van der Waals surface area (Å²) in [6.45, 7) is 8.56. The molecule has 162 valence electrons. The van der Waals surface area contributed by atoms with Crippen molar-refractivity contribution in [2.24, 2.45) is 5.92 Å². The van der Waals surface area contributed by atoms with Crippen LogP contribution in [0.4, 0.5) is 0 Å². The molecule has 2 saturated heterocycles. The van der Waals surface area contributed by atoms with E-state index in [0.717, 1.165) is 30.8 Å². The molecule has 30 heavy (non-hydrogen) atoms. The van der Waals surface area contributed by atoms with Gasteiger partial charge >= 0.3 is 0 Å². The number of amides is 2. The number of likely N-dealkylation sites (tertiary alicyclic amines) is 1. The van der Waals surface area contributed by atoms with Crippen molar-refractivity contribution < 1.29 is 14.3 Å². The number of aryl methyl sites for hydroxylation is 2. The fourth-order valence-corrected chi connectivity index (χ4v) is 4.18. The zero-order valence-corrected chi connectivity index (χ0v) is 17.7. The molecule has 2 aliphatic rings. The summed E-state index contributed by atoms with van der Waals surface area (Å²) in [5.74, 6) is 0.277. The van der Waals surface area contributed by atoms with Crippen molar-refractivity contribution >= 4 is 11.8 Å². The molecule has 2 aromatic rings. The van der Waals surface area contributed by atoms with Crippen molar-refractivity contribution in [1.82, 2.24) is 34.6 Å². The quantitative estimate of drug-likeness (QED) is 0.705. The van der Waals surface area contributed by atoms with Crippen molar-refractivity contribution in [3.63, 3.8) is 0 Å². The van der Waals surface area contributed by atoms with Crippen LogP contribution in [0.5, 0.6) is 0 Å². The molecule has 2 fully saturated rings. The van der Waals surface area contributed by atoms with Gasteiger partial charge in [0, 0.05) is 38.4 Å². The topological polar surface area (TPSA) is 98.4 Å². The van der Waals surface area contributed by atoms with E-state index in [-0.39, 0.29) is 24.3 Å². The van der Waals surface area contributed by atoms with Gasteiger partial charge in [-0.1, -0.05) is 5.21 Å². The van der Waals surface area contributed by atoms with Gasteiger partial charge in [-0.05, 0) is 38.7 Å². The van der Waals surface area contributed by atoms with E-state index in [1.807, 2.05) is 24.8 Å². The van der Waals surface area contributed by atoms with Crippen molar-refractivity contribution in [2.75, 3.05) is 39.4 Å². The van der Waals surface area contributed by atoms with Gasteiger partial charge in [-0.15, -0.1) is 5.10 Å². The van der Waals surface area contributed by atoms with Crippen LogP contribution >= 0.6 is 0 Å². The lowest BCUT2D eigenvalue weighted by atomic mass is 9.98. The first kappa shape index (κ1) is 20.5. The zero-order valence-electron chi connectivity index (χ0n) is 17.7. The molecule has 1 atom stereocenters. The number of hydrogen-bond acceptors (Lipinski definition) is 6. The molecule has 10 heteroatoms. The van der Waals surface area contributed by atoms with Gasteiger partial charge in [-0.3, -0.25) is 19.0 Å². The highest BCUT2D eigenvalue weighted by Crippen LogP contribution is 2.19. The molecule has 0 N–H and O–H groups in total. The summed E-state index contributed by atoms with van der Waals surface area (Å²) in [7, 11) is 0. The fourth-order valence-electron chi connectivity index (χ4n) is 4.18. The third kappa shape index (κ3) is 4.69. The average molecular weight is 415 g/mol. The third-order valence-corrected chi connectivity index (χ3v) is 5.76. The molecule has 2 aromatic heterocycles. The predicted octanol–water partition coefficient (Wildman–Crippen LogP) is 0.503. The molecule has 2 amide bonds. The second kappa shape index (κ2) is 8.95. The zero-order chi connectivity index (χ0) is 21.1. The molecular weight excluding hydrogens is 386 g/mol. The molecule has 4 heterocycles. The normalized spacial score (nSPS) is 19.9. The van der Waals surface area contributed by atoms with E-state index in [9.17, 15) is 9.59 Å². The molecule has 0 bridgehead atoms. The van der Waals surface area contributed by atoms with Crippen molar-refractivity contribution in [3.8, 4) is 0 Å². The second-order valence-electron chi connectivity index (χ2n) is 8.16. The molecule has 10 nitrogen and oxygen atoms in total. The number of morpholine rings is 1. The number of rotatable bonds is 5. The minimum Gasteiger partial charge on any atom is -0.378 e. The molecular formula is C20H29N7O3. The third-order valence-electron chi connectivity index (χ3n) is 5.76. The van der Waals surface area contributed by atoms with Crippen LogP contribution in [-0.2, 0) is 22.6 Å². The molecule has 2 aliphatic heterocycles. The molecule has 0 radical (unpaired) electrons. The van der Waals surface area contributed by atoms with E-state index in [2.05, 4.69) is 15.4 Å². The largest absolute Gasteiger partial charge is 0.378 e. The lowest BCUT2D eigenvalue weighted by molar-refractivity contribution is -0.134. The van der Waals surface area contributed by atoms with E-state index < -0.39 is 0 Å². The maximum absolute atomic E-state index is 12.8. The van der Waals surface area contributed by atoms with Crippen LogP contribution in [0, 0.1) is 19.8 Å². The molecule has 4 rings (SSSR count). The Morgan fingerprint density at radius 2 is 1.97 bits per heavy atom. The van der Waals surface area contributed by atoms with E-state index in [0.29, 0.717) is 45.1 Å². The van der Waals surface area contributed by atoms with Gasteiger partial charge in [0.2, 0.25) is 5.91 Å². The minimum atomic E-state index is -0.102. The number of carbonyl (C=O) groups excluding carboxylic acids is 2.